The third-order valence-electron chi connectivity index (χ3n) is 5.37. The van der Waals surface area contributed by atoms with Crippen LogP contribution in [0.5, 0.6) is 17.2 Å². The summed E-state index contributed by atoms with van der Waals surface area (Å²) in [6.07, 6.45) is 3.76. The second-order valence-corrected chi connectivity index (χ2v) is 7.64. The SMILES string of the molecule is CCOc1ccc(Oc2ccccc2NC(=O)C[C@H]2c3ccccc3C=CN2C(C)=O)cc1. The molecule has 0 bridgehead atoms. The molecule has 6 nitrogen and oxygen atoms in total. The molecule has 0 aliphatic carbocycles. The molecule has 4 rings (SSSR count). The molecule has 1 N–H and O–H groups in total. The summed E-state index contributed by atoms with van der Waals surface area (Å²) >= 11 is 0. The number of anilines is 1. The zero-order chi connectivity index (χ0) is 23.2. The number of ether oxygens (including phenoxy) is 2. The third kappa shape index (κ3) is 5.23. The molecule has 0 fully saturated rings. The average molecular weight is 443 g/mol. The number of benzene rings is 3. The van der Waals surface area contributed by atoms with Gasteiger partial charge in [-0.3, -0.25) is 9.59 Å². The van der Waals surface area contributed by atoms with E-state index < -0.39 is 0 Å². The normalized spacial score (nSPS) is 14.4. The number of carbonyl (C=O) groups is 2. The van der Waals surface area contributed by atoms with Crippen molar-refractivity contribution >= 4 is 23.6 Å². The van der Waals surface area contributed by atoms with E-state index >= 15 is 0 Å². The molecular weight excluding hydrogens is 416 g/mol. The number of fused-ring (bicyclic) bond motifs is 1. The van der Waals surface area contributed by atoms with Crippen LogP contribution in [-0.2, 0) is 9.59 Å². The average Bonchev–Trinajstić information content (AvgIpc) is 2.82. The van der Waals surface area contributed by atoms with E-state index in [1.165, 1.54) is 6.92 Å². The first-order chi connectivity index (χ1) is 16.0. The molecule has 168 valence electrons. The first kappa shape index (κ1) is 22.1. The van der Waals surface area contributed by atoms with Gasteiger partial charge >= 0.3 is 0 Å². The van der Waals surface area contributed by atoms with Gasteiger partial charge in [0.05, 0.1) is 24.8 Å². The summed E-state index contributed by atoms with van der Waals surface area (Å²) < 4.78 is 11.5. The molecule has 0 saturated heterocycles. The largest absolute Gasteiger partial charge is 0.494 e. The van der Waals surface area contributed by atoms with Crippen molar-refractivity contribution in [1.82, 2.24) is 4.90 Å². The summed E-state index contributed by atoms with van der Waals surface area (Å²) in [5, 5.41) is 2.95. The van der Waals surface area contributed by atoms with E-state index in [9.17, 15) is 9.59 Å². The van der Waals surface area contributed by atoms with Crippen molar-refractivity contribution in [2.45, 2.75) is 26.3 Å². The van der Waals surface area contributed by atoms with Crippen LogP contribution < -0.4 is 14.8 Å². The van der Waals surface area contributed by atoms with Gasteiger partial charge in [-0.1, -0.05) is 36.4 Å². The molecule has 2 amide bonds. The molecule has 1 aliphatic rings. The van der Waals surface area contributed by atoms with Crippen molar-refractivity contribution in [2.24, 2.45) is 0 Å². The number of rotatable bonds is 7. The Bertz CT molecular complexity index is 1170. The lowest BCUT2D eigenvalue weighted by atomic mass is 9.93. The van der Waals surface area contributed by atoms with Gasteiger partial charge in [0.15, 0.2) is 5.75 Å². The second-order valence-electron chi connectivity index (χ2n) is 7.64. The Labute approximate surface area is 193 Å². The third-order valence-corrected chi connectivity index (χ3v) is 5.37. The van der Waals surface area contributed by atoms with Crippen LogP contribution in [0.2, 0.25) is 0 Å². The molecule has 0 unspecified atom stereocenters. The maximum atomic E-state index is 13.0. The van der Waals surface area contributed by atoms with E-state index in [0.29, 0.717) is 23.8 Å². The van der Waals surface area contributed by atoms with Crippen molar-refractivity contribution in [3.8, 4) is 17.2 Å². The van der Waals surface area contributed by atoms with Gasteiger partial charge in [-0.25, -0.2) is 0 Å². The molecule has 6 heteroatoms. The van der Waals surface area contributed by atoms with Crippen LogP contribution in [0.25, 0.3) is 6.08 Å². The van der Waals surface area contributed by atoms with Crippen LogP contribution >= 0.6 is 0 Å². The highest BCUT2D eigenvalue weighted by molar-refractivity contribution is 5.93. The van der Waals surface area contributed by atoms with Crippen LogP contribution in [0.15, 0.2) is 79.0 Å². The minimum atomic E-state index is -0.372. The zero-order valence-electron chi connectivity index (χ0n) is 18.7. The van der Waals surface area contributed by atoms with Gasteiger partial charge in [0.25, 0.3) is 0 Å². The Morgan fingerprint density at radius 1 is 0.939 bits per heavy atom. The Morgan fingerprint density at radius 2 is 1.64 bits per heavy atom. The highest BCUT2D eigenvalue weighted by atomic mass is 16.5. The zero-order valence-corrected chi connectivity index (χ0v) is 18.7. The summed E-state index contributed by atoms with van der Waals surface area (Å²) in [5.74, 6) is 1.61. The van der Waals surface area contributed by atoms with Crippen molar-refractivity contribution < 1.29 is 19.1 Å². The van der Waals surface area contributed by atoms with Gasteiger partial charge in [-0.15, -0.1) is 0 Å². The van der Waals surface area contributed by atoms with Gasteiger partial charge < -0.3 is 19.7 Å². The second kappa shape index (κ2) is 10.0. The van der Waals surface area contributed by atoms with Gasteiger partial charge in [-0.05, 0) is 60.5 Å². The van der Waals surface area contributed by atoms with Crippen molar-refractivity contribution in [2.75, 3.05) is 11.9 Å². The van der Waals surface area contributed by atoms with Gasteiger partial charge in [-0.2, -0.15) is 0 Å². The van der Waals surface area contributed by atoms with Crippen LogP contribution in [-0.4, -0.2) is 23.3 Å². The maximum Gasteiger partial charge on any atom is 0.226 e. The first-order valence-electron chi connectivity index (χ1n) is 10.9. The fourth-order valence-corrected chi connectivity index (χ4v) is 3.85. The number of hydrogen-bond acceptors (Lipinski definition) is 4. The van der Waals surface area contributed by atoms with E-state index in [1.807, 2.05) is 73.7 Å². The molecule has 0 spiro atoms. The maximum absolute atomic E-state index is 13.0. The minimum Gasteiger partial charge on any atom is -0.494 e. The lowest BCUT2D eigenvalue weighted by Gasteiger charge is -2.32. The van der Waals surface area contributed by atoms with E-state index in [4.69, 9.17) is 9.47 Å². The van der Waals surface area contributed by atoms with Crippen molar-refractivity contribution in [3.63, 3.8) is 0 Å². The van der Waals surface area contributed by atoms with Gasteiger partial charge in [0.1, 0.15) is 11.5 Å². The van der Waals surface area contributed by atoms with Gasteiger partial charge in [0, 0.05) is 13.1 Å². The predicted octanol–water partition coefficient (Wildman–Crippen LogP) is 5.78. The van der Waals surface area contributed by atoms with E-state index in [1.54, 1.807) is 23.2 Å². The van der Waals surface area contributed by atoms with Crippen LogP contribution in [0.3, 0.4) is 0 Å². The summed E-state index contributed by atoms with van der Waals surface area (Å²) in [6.45, 7) is 4.03. The van der Waals surface area contributed by atoms with Crippen molar-refractivity contribution in [3.05, 3.63) is 90.1 Å². The number of nitrogens with one attached hydrogen (secondary N) is 1. The Morgan fingerprint density at radius 3 is 2.39 bits per heavy atom. The minimum absolute atomic E-state index is 0.113. The molecule has 33 heavy (non-hydrogen) atoms. The fourth-order valence-electron chi connectivity index (χ4n) is 3.85. The van der Waals surface area contributed by atoms with Gasteiger partial charge in [0.2, 0.25) is 11.8 Å². The number of amides is 2. The van der Waals surface area contributed by atoms with E-state index in [0.717, 1.165) is 16.9 Å². The molecule has 1 heterocycles. The standard InChI is InChI=1S/C27H26N2O4/c1-3-32-21-12-14-22(15-13-21)33-26-11-7-6-10-24(26)28-27(31)18-25-23-9-5-4-8-20(23)16-17-29(25)19(2)30/h4-17,25H,3,18H2,1-2H3,(H,28,31)/t25-/m0/s1. The monoisotopic (exact) mass is 442 g/mol. The molecule has 1 aliphatic heterocycles. The summed E-state index contributed by atoms with van der Waals surface area (Å²) in [6, 6.07) is 22.0. The Kier molecular flexibility index (Phi) is 6.74. The van der Waals surface area contributed by atoms with Crippen molar-refractivity contribution in [1.29, 1.82) is 0 Å². The topological polar surface area (TPSA) is 67.9 Å². The molecule has 0 saturated carbocycles. The van der Waals surface area contributed by atoms with Crippen LogP contribution in [0.4, 0.5) is 5.69 Å². The highest BCUT2D eigenvalue weighted by Gasteiger charge is 2.28. The molecule has 3 aromatic rings. The molecular formula is C27H26N2O4. The van der Waals surface area contributed by atoms with Crippen LogP contribution in [0.1, 0.15) is 37.4 Å². The lowest BCUT2D eigenvalue weighted by molar-refractivity contribution is -0.129. The lowest BCUT2D eigenvalue weighted by Crippen LogP contribution is -2.33. The summed E-state index contributed by atoms with van der Waals surface area (Å²) in [4.78, 5) is 26.8. The number of hydrogen-bond donors (Lipinski definition) is 1. The summed E-state index contributed by atoms with van der Waals surface area (Å²) in [7, 11) is 0. The first-order valence-corrected chi connectivity index (χ1v) is 10.9. The smallest absolute Gasteiger partial charge is 0.226 e. The van der Waals surface area contributed by atoms with Crippen LogP contribution in [0, 0.1) is 0 Å². The Balaban J connectivity index is 1.50. The molecule has 3 aromatic carbocycles. The Hall–Kier alpha value is -4.06. The fraction of sp³-hybridized carbons (Fsp3) is 0.185. The molecule has 0 radical (unpaired) electrons. The number of carbonyl (C=O) groups excluding carboxylic acids is 2. The number of para-hydroxylation sites is 2. The molecule has 0 aromatic heterocycles. The van der Waals surface area contributed by atoms with E-state index in [-0.39, 0.29) is 24.3 Å². The predicted molar refractivity (Wildman–Crippen MR) is 128 cm³/mol. The van der Waals surface area contributed by atoms with E-state index in [2.05, 4.69) is 5.32 Å². The highest BCUT2D eigenvalue weighted by Crippen LogP contribution is 2.34. The quantitative estimate of drug-likeness (QED) is 0.504. The molecule has 1 atom stereocenters. The number of nitrogens with zero attached hydrogens (tertiary/aromatic N) is 1. The summed E-state index contributed by atoms with van der Waals surface area (Å²) in [5.41, 5.74) is 2.52.